The van der Waals surface area contributed by atoms with Crippen LogP contribution in [0.3, 0.4) is 0 Å². The predicted molar refractivity (Wildman–Crippen MR) is 91.1 cm³/mol. The van der Waals surface area contributed by atoms with Crippen LogP contribution in [0.5, 0.6) is 0 Å². The van der Waals surface area contributed by atoms with Crippen molar-refractivity contribution in [2.45, 2.75) is 19.8 Å². The van der Waals surface area contributed by atoms with Gasteiger partial charge in [0.15, 0.2) is 0 Å². The lowest BCUT2D eigenvalue weighted by Gasteiger charge is -2.30. The summed E-state index contributed by atoms with van der Waals surface area (Å²) in [4.78, 5) is 12.6. The number of nitrogens with one attached hydrogen (secondary N) is 1. The van der Waals surface area contributed by atoms with Crippen molar-refractivity contribution in [2.75, 3.05) is 20.3 Å². The number of nitriles is 1. The van der Waals surface area contributed by atoms with Crippen LogP contribution in [-0.2, 0) is 14.3 Å². The lowest BCUT2D eigenvalue weighted by atomic mass is 9.81. The van der Waals surface area contributed by atoms with E-state index in [1.54, 1.807) is 13.8 Å². The molecule has 2 rings (SSSR count). The van der Waals surface area contributed by atoms with Gasteiger partial charge in [-0.15, -0.1) is 0 Å². The summed E-state index contributed by atoms with van der Waals surface area (Å²) in [6.07, 6.45) is 0. The fourth-order valence-electron chi connectivity index (χ4n) is 2.80. The van der Waals surface area contributed by atoms with Crippen LogP contribution in [0.25, 0.3) is 0 Å². The number of carbonyl (C=O) groups is 1. The maximum atomic E-state index is 13.4. The summed E-state index contributed by atoms with van der Waals surface area (Å²) < 4.78 is 23.8. The maximum absolute atomic E-state index is 13.4. The molecule has 0 fully saturated rings. The lowest BCUT2D eigenvalue weighted by Crippen LogP contribution is -2.31. The van der Waals surface area contributed by atoms with Gasteiger partial charge in [-0.25, -0.2) is 9.18 Å². The minimum Gasteiger partial charge on any atom is -0.463 e. The Bertz CT molecular complexity index is 796. The number of hydrogen-bond acceptors (Lipinski definition) is 5. The molecule has 1 aromatic carbocycles. The number of ether oxygens (including phenoxy) is 2. The number of halogens is 2. The van der Waals surface area contributed by atoms with Gasteiger partial charge in [0, 0.05) is 17.8 Å². The number of dihydropyridines is 1. The number of carbonyl (C=O) groups excluding carboxylic acids is 1. The first kappa shape index (κ1) is 19.0. The Labute approximate surface area is 150 Å². The summed E-state index contributed by atoms with van der Waals surface area (Å²) in [5.74, 6) is -1.84. The molecule has 0 aliphatic carbocycles. The molecule has 0 saturated carbocycles. The monoisotopic (exact) mass is 364 g/mol. The van der Waals surface area contributed by atoms with Gasteiger partial charge in [0.05, 0.1) is 42.0 Å². The van der Waals surface area contributed by atoms with E-state index in [1.807, 2.05) is 0 Å². The van der Waals surface area contributed by atoms with Gasteiger partial charge in [0.1, 0.15) is 5.82 Å². The smallest absolute Gasteiger partial charge is 0.336 e. The summed E-state index contributed by atoms with van der Waals surface area (Å²) in [6, 6.07) is 5.99. The van der Waals surface area contributed by atoms with Gasteiger partial charge in [-0.2, -0.15) is 5.26 Å². The highest BCUT2D eigenvalue weighted by atomic mass is 35.5. The van der Waals surface area contributed by atoms with Crippen molar-refractivity contribution in [2.24, 2.45) is 0 Å². The highest BCUT2D eigenvalue weighted by Crippen LogP contribution is 2.41. The molecular formula is C18H18ClFN2O3. The molecule has 1 aliphatic heterocycles. The normalized spacial score (nSPS) is 17.2. The second-order valence-electron chi connectivity index (χ2n) is 5.42. The molecule has 1 aromatic rings. The average molecular weight is 365 g/mol. The topological polar surface area (TPSA) is 71.3 Å². The number of hydrogen-bond donors (Lipinski definition) is 1. The molecule has 0 radical (unpaired) electrons. The van der Waals surface area contributed by atoms with Crippen molar-refractivity contribution in [3.05, 3.63) is 57.1 Å². The molecular weight excluding hydrogens is 347 g/mol. The van der Waals surface area contributed by atoms with Gasteiger partial charge in [-0.1, -0.05) is 17.7 Å². The van der Waals surface area contributed by atoms with Gasteiger partial charge in [0.2, 0.25) is 0 Å². The zero-order valence-electron chi connectivity index (χ0n) is 14.2. The second-order valence-corrected chi connectivity index (χ2v) is 5.83. The van der Waals surface area contributed by atoms with Gasteiger partial charge in [0.25, 0.3) is 0 Å². The molecule has 1 N–H and O–H groups in total. The van der Waals surface area contributed by atoms with Crippen LogP contribution in [-0.4, -0.2) is 26.3 Å². The third-order valence-corrected chi connectivity index (χ3v) is 4.15. The molecule has 1 unspecified atom stereocenters. The van der Waals surface area contributed by atoms with E-state index in [0.29, 0.717) is 22.5 Å². The molecule has 5 nitrogen and oxygen atoms in total. The lowest BCUT2D eigenvalue weighted by molar-refractivity contribution is -0.138. The van der Waals surface area contributed by atoms with Crippen LogP contribution >= 0.6 is 11.6 Å². The number of nitrogens with zero attached hydrogens (tertiary/aromatic N) is 1. The molecule has 0 bridgehead atoms. The van der Waals surface area contributed by atoms with E-state index >= 15 is 0 Å². The van der Waals surface area contributed by atoms with E-state index in [9.17, 15) is 14.4 Å². The van der Waals surface area contributed by atoms with Crippen molar-refractivity contribution in [1.82, 2.24) is 5.32 Å². The van der Waals surface area contributed by atoms with Crippen molar-refractivity contribution in [3.63, 3.8) is 0 Å². The summed E-state index contributed by atoms with van der Waals surface area (Å²) in [5, 5.41) is 12.8. The van der Waals surface area contributed by atoms with Crippen LogP contribution in [0.4, 0.5) is 4.39 Å². The molecule has 0 amide bonds. The summed E-state index contributed by atoms with van der Waals surface area (Å²) >= 11 is 6.21. The van der Waals surface area contributed by atoms with E-state index in [4.69, 9.17) is 21.1 Å². The third kappa shape index (κ3) is 3.84. The number of allylic oxidation sites excluding steroid dienone is 2. The minimum atomic E-state index is -0.761. The van der Waals surface area contributed by atoms with Crippen molar-refractivity contribution < 1.29 is 18.7 Å². The van der Waals surface area contributed by atoms with Crippen LogP contribution in [0, 0.1) is 17.1 Å². The summed E-state index contributed by atoms with van der Waals surface area (Å²) in [6.45, 7) is 3.72. The van der Waals surface area contributed by atoms with Crippen LogP contribution in [0.1, 0.15) is 25.3 Å². The number of rotatable bonds is 5. The molecule has 132 valence electrons. The molecule has 25 heavy (non-hydrogen) atoms. The van der Waals surface area contributed by atoms with Crippen LogP contribution in [0.2, 0.25) is 5.02 Å². The molecule has 0 saturated heterocycles. The molecule has 7 heteroatoms. The highest BCUT2D eigenvalue weighted by molar-refractivity contribution is 6.31. The maximum Gasteiger partial charge on any atom is 0.336 e. The van der Waals surface area contributed by atoms with E-state index < -0.39 is 17.7 Å². The predicted octanol–water partition coefficient (Wildman–Crippen LogP) is 3.43. The first-order valence-corrected chi connectivity index (χ1v) is 8.04. The third-order valence-electron chi connectivity index (χ3n) is 3.82. The minimum absolute atomic E-state index is 0.125. The van der Waals surface area contributed by atoms with E-state index in [1.165, 1.54) is 19.2 Å². The summed E-state index contributed by atoms with van der Waals surface area (Å²) in [5.41, 5.74) is 2.07. The van der Waals surface area contributed by atoms with E-state index in [0.717, 1.165) is 6.07 Å². The largest absolute Gasteiger partial charge is 0.463 e. The van der Waals surface area contributed by atoms with Gasteiger partial charge >= 0.3 is 5.97 Å². The number of benzene rings is 1. The van der Waals surface area contributed by atoms with Gasteiger partial charge < -0.3 is 14.8 Å². The first-order chi connectivity index (χ1) is 11.9. The zero-order chi connectivity index (χ0) is 18.6. The van der Waals surface area contributed by atoms with E-state index in [2.05, 4.69) is 11.4 Å². The number of esters is 1. The Balaban J connectivity index is 2.71. The Morgan fingerprint density at radius 2 is 2.20 bits per heavy atom. The fraction of sp³-hybridized carbons (Fsp3) is 0.333. The number of methoxy groups -OCH3 is 1. The Morgan fingerprint density at radius 3 is 2.76 bits per heavy atom. The molecule has 0 spiro atoms. The highest BCUT2D eigenvalue weighted by Gasteiger charge is 2.36. The zero-order valence-corrected chi connectivity index (χ0v) is 14.9. The fourth-order valence-corrected chi connectivity index (χ4v) is 3.08. The van der Waals surface area contributed by atoms with Gasteiger partial charge in [-0.3, -0.25) is 0 Å². The van der Waals surface area contributed by atoms with E-state index in [-0.39, 0.29) is 23.8 Å². The average Bonchev–Trinajstić information content (AvgIpc) is 2.55. The first-order valence-electron chi connectivity index (χ1n) is 7.66. The quantitative estimate of drug-likeness (QED) is 0.810. The SMILES string of the molecule is CCOC(=O)C1=C(COC)NC(C)=C(C#N)C1c1ccc(F)cc1Cl. The Kier molecular flexibility index (Phi) is 6.18. The standard InChI is InChI=1S/C18H18ClFN2O3/c1-4-25-18(23)17-15(9-24-3)22-10(2)13(8-21)16(17)12-6-5-11(20)7-14(12)19/h5-7,16,22H,4,9H2,1-3H3. The second kappa shape index (κ2) is 8.15. The molecule has 0 aromatic heterocycles. The van der Waals surface area contributed by atoms with Crippen LogP contribution in [0.15, 0.2) is 40.7 Å². The van der Waals surface area contributed by atoms with Crippen molar-refractivity contribution >= 4 is 17.6 Å². The Hall–Kier alpha value is -2.36. The van der Waals surface area contributed by atoms with Crippen molar-refractivity contribution in [1.29, 1.82) is 5.26 Å². The van der Waals surface area contributed by atoms with Crippen LogP contribution < -0.4 is 5.32 Å². The summed E-state index contributed by atoms with van der Waals surface area (Å²) in [7, 11) is 1.50. The van der Waals surface area contributed by atoms with Crippen molar-refractivity contribution in [3.8, 4) is 6.07 Å². The Morgan fingerprint density at radius 1 is 1.48 bits per heavy atom. The molecule has 1 heterocycles. The molecule has 1 aliphatic rings. The molecule has 1 atom stereocenters. The van der Waals surface area contributed by atoms with Gasteiger partial charge in [-0.05, 0) is 31.5 Å².